The van der Waals surface area contributed by atoms with E-state index in [0.29, 0.717) is 6.08 Å². The number of para-hydroxylation sites is 1. The highest BCUT2D eigenvalue weighted by Crippen LogP contribution is 2.42. The fourth-order valence-electron chi connectivity index (χ4n) is 2.65. The average Bonchev–Trinajstić information content (AvgIpc) is 2.89. The molecule has 1 atom stereocenters. The fraction of sp³-hybridized carbons (Fsp3) is 0.118. The van der Waals surface area contributed by atoms with E-state index in [1.54, 1.807) is 0 Å². The van der Waals surface area contributed by atoms with E-state index in [9.17, 15) is 26.3 Å². The monoisotopic (exact) mass is 391 g/mol. The second kappa shape index (κ2) is 6.14. The Labute approximate surface area is 149 Å². The molecule has 0 saturated heterocycles. The maximum Gasteiger partial charge on any atom is 0.438 e. The Bertz CT molecular complexity index is 928. The van der Waals surface area contributed by atoms with Crippen molar-refractivity contribution in [1.82, 2.24) is 4.59 Å². The lowest BCUT2D eigenvalue weighted by Gasteiger charge is -2.25. The summed E-state index contributed by atoms with van der Waals surface area (Å²) in [6.45, 7) is 0. The second-order valence-electron chi connectivity index (χ2n) is 5.68. The zero-order chi connectivity index (χ0) is 19.3. The molecule has 0 aromatic heterocycles. The first kappa shape index (κ1) is 18.5. The molecule has 1 aliphatic heterocycles. The predicted octanol–water partition coefficient (Wildman–Crippen LogP) is 5.72. The molecule has 0 fully saturated rings. The van der Waals surface area contributed by atoms with Crippen LogP contribution in [-0.2, 0) is 0 Å². The molecule has 2 nitrogen and oxygen atoms in total. The SMILES string of the molecule is C[N+]1(c2ccccc2-c2cc(F)c(F)c(F)c2)N=C(C(F)(F)F)C=C1Cl. The van der Waals surface area contributed by atoms with Gasteiger partial charge in [0.05, 0.1) is 6.08 Å². The van der Waals surface area contributed by atoms with Crippen molar-refractivity contribution in [2.45, 2.75) is 6.18 Å². The average molecular weight is 392 g/mol. The van der Waals surface area contributed by atoms with Crippen LogP contribution in [0, 0.1) is 17.5 Å². The van der Waals surface area contributed by atoms with Crippen molar-refractivity contribution in [2.75, 3.05) is 7.05 Å². The van der Waals surface area contributed by atoms with Crippen molar-refractivity contribution in [3.63, 3.8) is 0 Å². The van der Waals surface area contributed by atoms with Gasteiger partial charge in [0.15, 0.2) is 23.1 Å². The number of hydrogen-bond donors (Lipinski definition) is 0. The first-order valence-corrected chi connectivity index (χ1v) is 7.58. The first-order chi connectivity index (χ1) is 12.0. The second-order valence-corrected chi connectivity index (χ2v) is 6.07. The van der Waals surface area contributed by atoms with Gasteiger partial charge in [-0.05, 0) is 35.4 Å². The Morgan fingerprint density at radius 1 is 1.00 bits per heavy atom. The molecule has 2 aromatic carbocycles. The summed E-state index contributed by atoms with van der Waals surface area (Å²) >= 11 is 6.01. The van der Waals surface area contributed by atoms with Crippen molar-refractivity contribution in [2.24, 2.45) is 5.10 Å². The van der Waals surface area contributed by atoms with E-state index in [-0.39, 0.29) is 22.0 Å². The molecule has 1 unspecified atom stereocenters. The topological polar surface area (TPSA) is 12.4 Å². The van der Waals surface area contributed by atoms with Gasteiger partial charge >= 0.3 is 6.18 Å². The Balaban J connectivity index is 2.21. The van der Waals surface area contributed by atoms with Crippen molar-refractivity contribution in [3.8, 4) is 11.1 Å². The van der Waals surface area contributed by atoms with Crippen molar-refractivity contribution >= 4 is 23.0 Å². The number of allylic oxidation sites excluding steroid dienone is 1. The van der Waals surface area contributed by atoms with Crippen LogP contribution in [0.15, 0.2) is 52.7 Å². The van der Waals surface area contributed by atoms with E-state index in [0.717, 1.165) is 12.1 Å². The van der Waals surface area contributed by atoms with E-state index in [2.05, 4.69) is 5.10 Å². The van der Waals surface area contributed by atoms with E-state index in [1.807, 2.05) is 0 Å². The molecule has 0 N–H and O–H groups in total. The molecule has 136 valence electrons. The lowest BCUT2D eigenvalue weighted by molar-refractivity contribution is -0.0581. The van der Waals surface area contributed by atoms with Gasteiger partial charge < -0.3 is 0 Å². The van der Waals surface area contributed by atoms with Crippen LogP contribution in [0.1, 0.15) is 0 Å². The Kier molecular flexibility index (Phi) is 4.36. The van der Waals surface area contributed by atoms with Crippen LogP contribution < -0.4 is 4.59 Å². The molecule has 2 aromatic rings. The zero-order valence-corrected chi connectivity index (χ0v) is 13.8. The van der Waals surface area contributed by atoms with E-state index >= 15 is 0 Å². The quantitative estimate of drug-likeness (QED) is 0.269. The maximum absolute atomic E-state index is 13.6. The molecule has 0 amide bonds. The van der Waals surface area contributed by atoms with Gasteiger partial charge in [0.2, 0.25) is 10.9 Å². The summed E-state index contributed by atoms with van der Waals surface area (Å²) in [6, 6.07) is 7.40. The summed E-state index contributed by atoms with van der Waals surface area (Å²) in [5.74, 6) is -4.47. The molecule has 0 aliphatic carbocycles. The predicted molar refractivity (Wildman–Crippen MR) is 86.9 cm³/mol. The number of benzene rings is 2. The molecule has 1 aliphatic rings. The lowest BCUT2D eigenvalue weighted by atomic mass is 10.0. The van der Waals surface area contributed by atoms with Crippen LogP contribution in [0.5, 0.6) is 0 Å². The van der Waals surface area contributed by atoms with Crippen molar-refractivity contribution < 1.29 is 26.3 Å². The van der Waals surface area contributed by atoms with Gasteiger partial charge in [-0.2, -0.15) is 13.2 Å². The number of hydrogen-bond acceptors (Lipinski definition) is 1. The Morgan fingerprint density at radius 3 is 2.12 bits per heavy atom. The molecule has 0 saturated carbocycles. The van der Waals surface area contributed by atoms with Crippen molar-refractivity contribution in [1.29, 1.82) is 0 Å². The maximum atomic E-state index is 13.6. The standard InChI is InChI=1S/C17H10ClF6N2/c1-26(15(18)8-14(25-26)17(22,23)24)13-5-3-2-4-10(13)9-6-11(19)16(21)12(20)7-9/h2-8H,1H3/q+1. The number of nitrogens with zero attached hydrogens (tertiary/aromatic N) is 2. The highest BCUT2D eigenvalue weighted by Gasteiger charge is 2.47. The molecular formula is C17H10ClF6N2+. The Hall–Kier alpha value is -2.32. The minimum atomic E-state index is -4.71. The third-order valence-corrected chi connectivity index (χ3v) is 4.38. The number of quaternary nitrogens is 1. The van der Waals surface area contributed by atoms with Crippen LogP contribution in [0.25, 0.3) is 11.1 Å². The van der Waals surface area contributed by atoms with E-state index in [4.69, 9.17) is 11.6 Å². The molecular weight excluding hydrogens is 382 g/mol. The zero-order valence-electron chi connectivity index (χ0n) is 13.1. The van der Waals surface area contributed by atoms with Crippen LogP contribution >= 0.6 is 11.6 Å². The lowest BCUT2D eigenvalue weighted by Crippen LogP contribution is -2.35. The van der Waals surface area contributed by atoms with Crippen molar-refractivity contribution in [3.05, 3.63) is 65.1 Å². The van der Waals surface area contributed by atoms with Gasteiger partial charge in [0.25, 0.3) is 0 Å². The smallest absolute Gasteiger partial charge is 0.204 e. The summed E-state index contributed by atoms with van der Waals surface area (Å²) in [7, 11) is 1.30. The summed E-state index contributed by atoms with van der Waals surface area (Å²) in [5.41, 5.74) is -0.947. The highest BCUT2D eigenvalue weighted by molar-refractivity contribution is 6.33. The van der Waals surface area contributed by atoms with Gasteiger partial charge in [-0.25, -0.2) is 13.2 Å². The van der Waals surface area contributed by atoms with Gasteiger partial charge in [-0.1, -0.05) is 17.2 Å². The summed E-state index contributed by atoms with van der Waals surface area (Å²) < 4.78 is 78.5. The summed E-state index contributed by atoms with van der Waals surface area (Å²) in [6.07, 6.45) is -4.02. The molecule has 0 bridgehead atoms. The molecule has 3 rings (SSSR count). The molecule has 26 heavy (non-hydrogen) atoms. The minimum absolute atomic E-state index is 0.0588. The van der Waals surface area contributed by atoms with Crippen LogP contribution in [-0.4, -0.2) is 18.9 Å². The largest absolute Gasteiger partial charge is 0.438 e. The highest BCUT2D eigenvalue weighted by atomic mass is 35.5. The van der Waals surface area contributed by atoms with E-state index < -0.39 is 33.9 Å². The molecule has 0 radical (unpaired) electrons. The summed E-state index contributed by atoms with van der Waals surface area (Å²) in [4.78, 5) is 0. The third-order valence-electron chi connectivity index (χ3n) is 3.94. The van der Waals surface area contributed by atoms with Gasteiger partial charge in [0, 0.05) is 11.6 Å². The third kappa shape index (κ3) is 2.99. The fourth-order valence-corrected chi connectivity index (χ4v) is 2.88. The number of alkyl halides is 3. The normalized spacial score (nSPS) is 20.2. The number of rotatable bonds is 2. The van der Waals surface area contributed by atoms with Crippen LogP contribution in [0.3, 0.4) is 0 Å². The van der Waals surface area contributed by atoms with E-state index in [1.165, 1.54) is 31.3 Å². The summed E-state index contributed by atoms with van der Waals surface area (Å²) in [5, 5.41) is 3.38. The van der Waals surface area contributed by atoms with Gasteiger partial charge in [-0.15, -0.1) is 4.59 Å². The molecule has 1 heterocycles. The van der Waals surface area contributed by atoms with Crippen LogP contribution in [0.2, 0.25) is 0 Å². The Morgan fingerprint density at radius 2 is 1.58 bits per heavy atom. The molecule has 0 spiro atoms. The van der Waals surface area contributed by atoms with Gasteiger partial charge in [0.1, 0.15) is 7.05 Å². The van der Waals surface area contributed by atoms with Gasteiger partial charge in [-0.3, -0.25) is 0 Å². The minimum Gasteiger partial charge on any atom is -0.204 e. The van der Waals surface area contributed by atoms with Crippen LogP contribution in [0.4, 0.5) is 32.0 Å². The molecule has 9 heteroatoms. The number of halogens is 7. The first-order valence-electron chi connectivity index (χ1n) is 7.20.